The predicted octanol–water partition coefficient (Wildman–Crippen LogP) is 6.95. The van der Waals surface area contributed by atoms with Gasteiger partial charge in [0.05, 0.1) is 24.4 Å². The third-order valence-electron chi connectivity index (χ3n) is 14.7. The van der Waals surface area contributed by atoms with Gasteiger partial charge in [0.2, 0.25) is 0 Å². The van der Waals surface area contributed by atoms with Crippen molar-refractivity contribution < 1.29 is 33.3 Å². The molecule has 11 heteroatoms. The van der Waals surface area contributed by atoms with Crippen LogP contribution >= 0.6 is 0 Å². The number of carbonyl (C=O) groups is 2. The minimum atomic E-state index is -2.22. The van der Waals surface area contributed by atoms with Crippen molar-refractivity contribution in [3.63, 3.8) is 0 Å². The molecule has 0 aromatic rings. The molecule has 0 bridgehead atoms. The molecule has 0 aromatic heterocycles. The lowest BCUT2D eigenvalue weighted by molar-refractivity contribution is -0.285. The second-order valence-electron chi connectivity index (χ2n) is 18.2. The van der Waals surface area contributed by atoms with Gasteiger partial charge in [-0.25, -0.2) is 0 Å². The van der Waals surface area contributed by atoms with E-state index in [-0.39, 0.29) is 82.1 Å². The molecule has 0 unspecified atom stereocenters. The monoisotopic (exact) mass is 659 g/mol. The summed E-state index contributed by atoms with van der Waals surface area (Å²) in [6, 6.07) is -0.630. The average Bonchev–Trinajstić information content (AvgIpc) is 3.51. The van der Waals surface area contributed by atoms with Crippen LogP contribution in [0, 0.1) is 46.3 Å². The van der Waals surface area contributed by atoms with Crippen molar-refractivity contribution in [2.24, 2.45) is 51.5 Å². The van der Waals surface area contributed by atoms with E-state index in [1.165, 1.54) is 6.92 Å². The maximum Gasteiger partial charge on any atom is 0.302 e. The van der Waals surface area contributed by atoms with Gasteiger partial charge in [0.1, 0.15) is 18.0 Å². The highest BCUT2D eigenvalue weighted by molar-refractivity contribution is 6.74. The van der Waals surface area contributed by atoms with Crippen LogP contribution in [0.15, 0.2) is 5.11 Å². The highest BCUT2D eigenvalue weighted by atomic mass is 28.4. The number of ether oxygens (including phenoxy) is 3. The Kier molecular flexibility index (Phi) is 8.23. The molecule has 10 nitrogen and oxygen atoms in total. The third kappa shape index (κ3) is 4.88. The predicted molar refractivity (Wildman–Crippen MR) is 175 cm³/mol. The van der Waals surface area contributed by atoms with Crippen LogP contribution in [-0.4, -0.2) is 67.5 Å². The van der Waals surface area contributed by atoms with E-state index in [4.69, 9.17) is 18.6 Å². The van der Waals surface area contributed by atoms with E-state index in [9.17, 15) is 20.2 Å². The summed E-state index contributed by atoms with van der Waals surface area (Å²) in [4.78, 5) is 28.7. The number of esters is 1. The molecular formula is C35H57N3O7Si. The SMILES string of the molecule is CC(=O)O[C@@H]1C[C@H]2[C@@H](CC[C@H]3CC(=O)[C@H](N=[N+]=[N-])C[C@@]32C)[C@@H]2C[C@@H]3O[C@]4(O[C@](C)(CO)C[C@H]4O[Si](C)(C)C(C)(C)C)[C@@H](C)[C@@H]3[C@@]12C. The van der Waals surface area contributed by atoms with Crippen LogP contribution in [0.2, 0.25) is 18.1 Å². The van der Waals surface area contributed by atoms with Gasteiger partial charge < -0.3 is 23.7 Å². The van der Waals surface area contributed by atoms with Gasteiger partial charge in [-0.05, 0) is 91.8 Å². The average molecular weight is 660 g/mol. The van der Waals surface area contributed by atoms with E-state index in [1.807, 2.05) is 6.92 Å². The highest BCUT2D eigenvalue weighted by Crippen LogP contribution is 2.72. The van der Waals surface area contributed by atoms with Gasteiger partial charge in [0.15, 0.2) is 14.1 Å². The summed E-state index contributed by atoms with van der Waals surface area (Å²) in [5, 5.41) is 14.4. The summed E-state index contributed by atoms with van der Waals surface area (Å²) < 4.78 is 27.6. The normalized spacial score (nSPS) is 49.9. The smallest absolute Gasteiger partial charge is 0.302 e. The van der Waals surface area contributed by atoms with Crippen LogP contribution < -0.4 is 0 Å². The Labute approximate surface area is 275 Å². The number of ketones is 1. The molecule has 2 aliphatic heterocycles. The van der Waals surface area contributed by atoms with Crippen molar-refractivity contribution in [2.75, 3.05) is 6.61 Å². The van der Waals surface area contributed by atoms with Gasteiger partial charge in [-0.1, -0.05) is 46.7 Å². The van der Waals surface area contributed by atoms with Gasteiger partial charge in [0, 0.05) is 41.9 Å². The quantitative estimate of drug-likeness (QED) is 0.111. The van der Waals surface area contributed by atoms with E-state index in [2.05, 4.69) is 64.7 Å². The van der Waals surface area contributed by atoms with Crippen LogP contribution in [0.4, 0.5) is 0 Å². The third-order valence-corrected chi connectivity index (χ3v) is 19.2. The Hall–Kier alpha value is -1.49. The largest absolute Gasteiger partial charge is 0.462 e. The summed E-state index contributed by atoms with van der Waals surface area (Å²) in [7, 11) is -2.22. The molecule has 14 atom stereocenters. The van der Waals surface area contributed by atoms with Crippen LogP contribution in [0.5, 0.6) is 0 Å². The number of aliphatic hydroxyl groups is 1. The molecule has 46 heavy (non-hydrogen) atoms. The van der Waals surface area contributed by atoms with E-state index in [0.29, 0.717) is 25.2 Å². The summed E-state index contributed by atoms with van der Waals surface area (Å²) >= 11 is 0. The van der Waals surface area contributed by atoms with Crippen LogP contribution in [-0.2, 0) is 28.2 Å². The van der Waals surface area contributed by atoms with Crippen LogP contribution in [0.1, 0.15) is 100 Å². The second kappa shape index (κ2) is 11.0. The molecular weight excluding hydrogens is 602 g/mol. The molecule has 0 aromatic carbocycles. The Balaban J connectivity index is 1.37. The zero-order valence-electron chi connectivity index (χ0n) is 29.7. The first-order valence-corrected chi connectivity index (χ1v) is 20.6. The maximum absolute atomic E-state index is 12.9. The standard InChI is InChI=1S/C35H57N3O7Si/c1-19-30-27(43-35(19)29(17-32(6,18-39)45-35)44-46(9,10)31(3,4)5)14-24-22-12-11-21-13-26(41)25(37-38-36)16-33(21,7)23(22)15-28(34(24,30)8)42-20(2)40/h19,21-25,27-30,39H,11-18H2,1-10H3/t19-,21-,22+,23-,24-,25+,27-,28+,29+,30-,32-,33-,34+,35-/m0/s1. The zero-order valence-corrected chi connectivity index (χ0v) is 30.7. The van der Waals surface area contributed by atoms with Gasteiger partial charge in [-0.3, -0.25) is 9.59 Å². The number of fused-ring (bicyclic) bond motifs is 7. The molecule has 4 aliphatic carbocycles. The molecule has 6 fully saturated rings. The van der Waals surface area contributed by atoms with Crippen molar-refractivity contribution >= 4 is 20.1 Å². The van der Waals surface area contributed by atoms with Gasteiger partial charge >= 0.3 is 5.97 Å². The van der Waals surface area contributed by atoms with E-state index in [0.717, 1.165) is 25.7 Å². The van der Waals surface area contributed by atoms with Crippen LogP contribution in [0.25, 0.3) is 10.4 Å². The number of Topliss-reactive ketones (excluding diaryl/α,β-unsaturated/α-hetero) is 1. The van der Waals surface area contributed by atoms with E-state index < -0.39 is 25.7 Å². The number of aliphatic hydroxyl groups excluding tert-OH is 1. The molecule has 4 saturated carbocycles. The topological polar surface area (TPSA) is 140 Å². The molecule has 2 saturated heterocycles. The number of azide groups is 1. The van der Waals surface area contributed by atoms with Gasteiger partial charge in [0.25, 0.3) is 0 Å². The number of nitrogens with zero attached hydrogens (tertiary/aromatic N) is 3. The van der Waals surface area contributed by atoms with Crippen LogP contribution in [0.3, 0.4) is 0 Å². The minimum Gasteiger partial charge on any atom is -0.462 e. The van der Waals surface area contributed by atoms with E-state index in [1.54, 1.807) is 0 Å². The fourth-order valence-electron chi connectivity index (χ4n) is 11.5. The number of hydrogen-bond donors (Lipinski definition) is 1. The summed E-state index contributed by atoms with van der Waals surface area (Å²) in [5.74, 6) is -0.0568. The zero-order chi connectivity index (χ0) is 33.8. The first-order valence-electron chi connectivity index (χ1n) is 17.7. The maximum atomic E-state index is 12.9. The molecule has 6 rings (SSSR count). The fourth-order valence-corrected chi connectivity index (χ4v) is 12.8. The molecule has 2 heterocycles. The van der Waals surface area contributed by atoms with Gasteiger partial charge in [-0.15, -0.1) is 0 Å². The lowest BCUT2D eigenvalue weighted by Gasteiger charge is -2.62. The van der Waals surface area contributed by atoms with Crippen molar-refractivity contribution in [3.8, 4) is 0 Å². The molecule has 1 spiro atoms. The lowest BCUT2D eigenvalue weighted by atomic mass is 9.43. The molecule has 258 valence electrons. The molecule has 0 amide bonds. The summed E-state index contributed by atoms with van der Waals surface area (Å²) in [5.41, 5.74) is 7.92. The number of hydrogen-bond acceptors (Lipinski definition) is 8. The first kappa shape index (κ1) is 34.4. The lowest BCUT2D eigenvalue weighted by Crippen LogP contribution is -2.61. The van der Waals surface area contributed by atoms with Crippen molar-refractivity contribution in [2.45, 2.75) is 154 Å². The molecule has 6 aliphatic rings. The number of rotatable bonds is 5. The molecule has 0 radical (unpaired) electrons. The number of carbonyl (C=O) groups excluding carboxylic acids is 2. The van der Waals surface area contributed by atoms with Crippen molar-refractivity contribution in [1.29, 1.82) is 0 Å². The Morgan fingerprint density at radius 1 is 1.13 bits per heavy atom. The molecule has 1 N–H and O–H groups in total. The Morgan fingerprint density at radius 3 is 2.43 bits per heavy atom. The first-order chi connectivity index (χ1) is 21.3. The fraction of sp³-hybridized carbons (Fsp3) is 0.943. The van der Waals surface area contributed by atoms with Crippen molar-refractivity contribution in [3.05, 3.63) is 10.4 Å². The summed E-state index contributed by atoms with van der Waals surface area (Å²) in [6.45, 7) is 21.4. The Morgan fingerprint density at radius 2 is 1.83 bits per heavy atom. The summed E-state index contributed by atoms with van der Waals surface area (Å²) in [6.07, 6.45) is 4.42. The minimum absolute atomic E-state index is 0.00374. The second-order valence-corrected chi connectivity index (χ2v) is 22.9. The van der Waals surface area contributed by atoms with Gasteiger partial charge in [-0.2, -0.15) is 0 Å². The highest BCUT2D eigenvalue weighted by Gasteiger charge is 2.76. The van der Waals surface area contributed by atoms with Crippen molar-refractivity contribution in [1.82, 2.24) is 0 Å². The van der Waals surface area contributed by atoms with E-state index >= 15 is 0 Å². The Bertz CT molecular complexity index is 1320.